The van der Waals surface area contributed by atoms with Gasteiger partial charge in [-0.1, -0.05) is 85.5 Å². The van der Waals surface area contributed by atoms with E-state index in [-0.39, 0.29) is 5.91 Å². The van der Waals surface area contributed by atoms with Crippen molar-refractivity contribution in [2.24, 2.45) is 0 Å². The van der Waals surface area contributed by atoms with Crippen LogP contribution in [0.5, 0.6) is 11.5 Å². The summed E-state index contributed by atoms with van der Waals surface area (Å²) in [7, 11) is 0. The van der Waals surface area contributed by atoms with Crippen LogP contribution in [0.2, 0.25) is 0 Å². The van der Waals surface area contributed by atoms with E-state index in [1.165, 1.54) is 17.3 Å². The van der Waals surface area contributed by atoms with Crippen molar-refractivity contribution in [3.8, 4) is 11.5 Å². The molecule has 1 amide bonds. The molecule has 3 aromatic carbocycles. The van der Waals surface area contributed by atoms with Crippen LogP contribution < -0.4 is 9.47 Å². The average Bonchev–Trinajstić information content (AvgIpc) is 3.12. The SMILES string of the molecule is CCc1ccc(OCCCOc2cccc(C=C3SC(=S)N(Cc4ccccc4)C3=O)c2)cc1. The van der Waals surface area contributed by atoms with Gasteiger partial charge in [-0.15, -0.1) is 0 Å². The minimum absolute atomic E-state index is 0.0608. The molecule has 0 atom stereocenters. The van der Waals surface area contributed by atoms with E-state index in [2.05, 4.69) is 19.1 Å². The third-order valence-corrected chi connectivity index (χ3v) is 6.75. The van der Waals surface area contributed by atoms with Gasteiger partial charge in [0.15, 0.2) is 0 Å². The number of aryl methyl sites for hydroxylation is 1. The standard InChI is InChI=1S/C28H27NO3S2/c1-2-21-12-14-24(15-13-21)31-16-7-17-32-25-11-6-10-23(18-25)19-26-27(30)29(28(33)34-26)20-22-8-4-3-5-9-22/h3-6,8-15,18-19H,2,7,16-17,20H2,1H3. The zero-order chi connectivity index (χ0) is 23.8. The number of nitrogens with zero attached hydrogens (tertiary/aromatic N) is 1. The van der Waals surface area contributed by atoms with Crippen LogP contribution in [0.1, 0.15) is 30.0 Å². The summed E-state index contributed by atoms with van der Waals surface area (Å²) in [6.45, 7) is 3.76. The lowest BCUT2D eigenvalue weighted by molar-refractivity contribution is -0.122. The Morgan fingerprint density at radius 2 is 1.62 bits per heavy atom. The van der Waals surface area contributed by atoms with Crippen molar-refractivity contribution in [3.63, 3.8) is 0 Å². The Balaban J connectivity index is 1.28. The molecule has 174 valence electrons. The lowest BCUT2D eigenvalue weighted by Crippen LogP contribution is -2.27. The first-order valence-electron chi connectivity index (χ1n) is 11.4. The second-order valence-electron chi connectivity index (χ2n) is 7.87. The molecule has 4 nitrogen and oxygen atoms in total. The summed E-state index contributed by atoms with van der Waals surface area (Å²) in [6.07, 6.45) is 3.67. The molecule has 1 fully saturated rings. The Hall–Kier alpha value is -3.09. The fraction of sp³-hybridized carbons (Fsp3) is 0.214. The van der Waals surface area contributed by atoms with Crippen LogP contribution in [-0.4, -0.2) is 28.3 Å². The van der Waals surface area contributed by atoms with E-state index in [9.17, 15) is 4.79 Å². The molecule has 0 aliphatic carbocycles. The number of amides is 1. The van der Waals surface area contributed by atoms with Crippen LogP contribution in [0, 0.1) is 0 Å². The van der Waals surface area contributed by atoms with E-state index < -0.39 is 0 Å². The molecule has 1 aliphatic rings. The predicted molar refractivity (Wildman–Crippen MR) is 143 cm³/mol. The highest BCUT2D eigenvalue weighted by Crippen LogP contribution is 2.34. The highest BCUT2D eigenvalue weighted by atomic mass is 32.2. The molecule has 0 N–H and O–H groups in total. The third-order valence-electron chi connectivity index (χ3n) is 5.37. The van der Waals surface area contributed by atoms with Crippen LogP contribution in [0.15, 0.2) is 83.8 Å². The van der Waals surface area contributed by atoms with Crippen LogP contribution in [0.25, 0.3) is 6.08 Å². The van der Waals surface area contributed by atoms with E-state index in [0.717, 1.165) is 35.5 Å². The number of benzene rings is 3. The van der Waals surface area contributed by atoms with Crippen molar-refractivity contribution in [1.82, 2.24) is 4.90 Å². The number of carbonyl (C=O) groups is 1. The summed E-state index contributed by atoms with van der Waals surface area (Å²) in [5.74, 6) is 1.58. The third kappa shape index (κ3) is 6.49. The van der Waals surface area contributed by atoms with Crippen LogP contribution in [0.3, 0.4) is 0 Å². The lowest BCUT2D eigenvalue weighted by Gasteiger charge is -2.14. The van der Waals surface area contributed by atoms with Gasteiger partial charge in [-0.25, -0.2) is 0 Å². The molecule has 1 aliphatic heterocycles. The van der Waals surface area contributed by atoms with Gasteiger partial charge in [-0.2, -0.15) is 0 Å². The number of carbonyl (C=O) groups excluding carboxylic acids is 1. The van der Waals surface area contributed by atoms with Gasteiger partial charge < -0.3 is 9.47 Å². The zero-order valence-electron chi connectivity index (χ0n) is 19.1. The number of ether oxygens (including phenoxy) is 2. The Morgan fingerprint density at radius 3 is 2.35 bits per heavy atom. The Morgan fingerprint density at radius 1 is 0.882 bits per heavy atom. The maximum atomic E-state index is 12.9. The van der Waals surface area contributed by atoms with Gasteiger partial charge in [-0.3, -0.25) is 9.69 Å². The summed E-state index contributed by atoms with van der Waals surface area (Å²) in [5.41, 5.74) is 3.26. The van der Waals surface area contributed by atoms with Crippen molar-refractivity contribution in [3.05, 3.63) is 100 Å². The predicted octanol–water partition coefficient (Wildman–Crippen LogP) is 6.50. The topological polar surface area (TPSA) is 38.8 Å². The Labute approximate surface area is 210 Å². The molecule has 0 spiro atoms. The highest BCUT2D eigenvalue weighted by molar-refractivity contribution is 8.26. The van der Waals surface area contributed by atoms with Crippen molar-refractivity contribution in [2.75, 3.05) is 13.2 Å². The van der Waals surface area contributed by atoms with Crippen molar-refractivity contribution >= 4 is 40.3 Å². The second kappa shape index (κ2) is 11.9. The highest BCUT2D eigenvalue weighted by Gasteiger charge is 2.31. The molecule has 1 saturated heterocycles. The summed E-state index contributed by atoms with van der Waals surface area (Å²) in [5, 5.41) is 0. The lowest BCUT2D eigenvalue weighted by atomic mass is 10.2. The number of hydrogen-bond donors (Lipinski definition) is 0. The molecule has 0 radical (unpaired) electrons. The van der Waals surface area contributed by atoms with Gasteiger partial charge in [0.1, 0.15) is 15.8 Å². The maximum Gasteiger partial charge on any atom is 0.266 e. The number of thiocarbonyl (C=S) groups is 1. The molecule has 34 heavy (non-hydrogen) atoms. The van der Waals surface area contributed by atoms with Gasteiger partial charge in [0.05, 0.1) is 24.7 Å². The largest absolute Gasteiger partial charge is 0.493 e. The molecule has 0 aromatic heterocycles. The average molecular weight is 490 g/mol. The van der Waals surface area contributed by atoms with Crippen molar-refractivity contribution in [1.29, 1.82) is 0 Å². The number of thioether (sulfide) groups is 1. The maximum absolute atomic E-state index is 12.9. The summed E-state index contributed by atoms with van der Waals surface area (Å²) < 4.78 is 12.3. The van der Waals surface area contributed by atoms with Gasteiger partial charge in [0, 0.05) is 6.42 Å². The van der Waals surface area contributed by atoms with Crippen LogP contribution >= 0.6 is 24.0 Å². The molecule has 0 unspecified atom stereocenters. The minimum atomic E-state index is -0.0608. The molecule has 1 heterocycles. The van der Waals surface area contributed by atoms with E-state index >= 15 is 0 Å². The van der Waals surface area contributed by atoms with E-state index in [0.29, 0.717) is 29.0 Å². The van der Waals surface area contributed by atoms with Gasteiger partial charge in [0.2, 0.25) is 0 Å². The van der Waals surface area contributed by atoms with Crippen molar-refractivity contribution < 1.29 is 14.3 Å². The molecular weight excluding hydrogens is 462 g/mol. The van der Waals surface area contributed by atoms with Crippen LogP contribution in [-0.2, 0) is 17.8 Å². The van der Waals surface area contributed by atoms with E-state index in [4.69, 9.17) is 21.7 Å². The van der Waals surface area contributed by atoms with Crippen LogP contribution in [0.4, 0.5) is 0 Å². The summed E-state index contributed by atoms with van der Waals surface area (Å²) in [6, 6.07) is 25.8. The minimum Gasteiger partial charge on any atom is -0.493 e. The van der Waals surface area contributed by atoms with E-state index in [1.54, 1.807) is 4.90 Å². The molecule has 0 bridgehead atoms. The monoisotopic (exact) mass is 489 g/mol. The normalized spacial score (nSPS) is 14.6. The first-order valence-corrected chi connectivity index (χ1v) is 12.6. The molecule has 3 aromatic rings. The Bertz CT molecular complexity index is 1160. The quantitative estimate of drug-likeness (QED) is 0.185. The van der Waals surface area contributed by atoms with Gasteiger partial charge in [0.25, 0.3) is 5.91 Å². The van der Waals surface area contributed by atoms with Gasteiger partial charge in [-0.05, 0) is 53.5 Å². The van der Waals surface area contributed by atoms with Crippen molar-refractivity contribution in [2.45, 2.75) is 26.3 Å². The fourth-order valence-corrected chi connectivity index (χ4v) is 4.76. The number of hydrogen-bond acceptors (Lipinski definition) is 5. The molecule has 0 saturated carbocycles. The second-order valence-corrected chi connectivity index (χ2v) is 9.55. The smallest absolute Gasteiger partial charge is 0.266 e. The summed E-state index contributed by atoms with van der Waals surface area (Å²) >= 11 is 6.79. The zero-order valence-corrected chi connectivity index (χ0v) is 20.7. The fourth-order valence-electron chi connectivity index (χ4n) is 3.51. The van der Waals surface area contributed by atoms with E-state index in [1.807, 2.05) is 72.8 Å². The molecular formula is C28H27NO3S2. The first kappa shape index (κ1) is 24.0. The Kier molecular flexibility index (Phi) is 8.39. The molecule has 4 rings (SSSR count). The molecule has 6 heteroatoms. The number of rotatable bonds is 10. The first-order chi connectivity index (χ1) is 16.6. The van der Waals surface area contributed by atoms with Gasteiger partial charge >= 0.3 is 0 Å². The summed E-state index contributed by atoms with van der Waals surface area (Å²) in [4.78, 5) is 15.2.